The third-order valence-corrected chi connectivity index (χ3v) is 6.51. The van der Waals surface area contributed by atoms with Crippen LogP contribution in [0.2, 0.25) is 0 Å². The van der Waals surface area contributed by atoms with Gasteiger partial charge in [-0.15, -0.1) is 5.10 Å². The molecule has 1 fully saturated rings. The van der Waals surface area contributed by atoms with Crippen molar-refractivity contribution in [2.45, 2.75) is 78.4 Å². The minimum atomic E-state index is 0.364. The van der Waals surface area contributed by atoms with E-state index in [-0.39, 0.29) is 0 Å². The van der Waals surface area contributed by atoms with E-state index in [1.807, 2.05) is 4.52 Å². The van der Waals surface area contributed by atoms with E-state index in [1.54, 1.807) is 0 Å². The van der Waals surface area contributed by atoms with Crippen molar-refractivity contribution in [2.75, 3.05) is 0 Å². The first-order valence-corrected chi connectivity index (χ1v) is 11.1. The summed E-state index contributed by atoms with van der Waals surface area (Å²) in [6.45, 7) is 9.35. The van der Waals surface area contributed by atoms with Crippen molar-refractivity contribution in [1.82, 2.24) is 30.3 Å². The Bertz CT molecular complexity index is 1040. The van der Waals surface area contributed by atoms with Gasteiger partial charge >= 0.3 is 0 Å². The molecule has 154 valence electrons. The Kier molecular flexibility index (Phi) is 5.67. The van der Waals surface area contributed by atoms with Gasteiger partial charge in [-0.05, 0) is 85.9 Å². The zero-order valence-corrected chi connectivity index (χ0v) is 18.6. The first-order valence-electron chi connectivity index (χ1n) is 10.7. The quantitative estimate of drug-likeness (QED) is 0.633. The molecule has 1 aromatic carbocycles. The van der Waals surface area contributed by atoms with Crippen molar-refractivity contribution in [3.8, 4) is 0 Å². The molecule has 29 heavy (non-hydrogen) atoms. The molecule has 6 nitrogen and oxygen atoms in total. The molecule has 2 aromatic heterocycles. The van der Waals surface area contributed by atoms with Crippen molar-refractivity contribution in [3.63, 3.8) is 0 Å². The smallest absolute Gasteiger partial charge is 0.184 e. The van der Waals surface area contributed by atoms with E-state index >= 15 is 0 Å². The van der Waals surface area contributed by atoms with E-state index < -0.39 is 0 Å². The summed E-state index contributed by atoms with van der Waals surface area (Å²) in [4.78, 5) is 2.37. The van der Waals surface area contributed by atoms with E-state index in [2.05, 4.69) is 71.6 Å². The number of aryl methyl sites for hydroxylation is 2. The fourth-order valence-corrected chi connectivity index (χ4v) is 4.80. The first-order chi connectivity index (χ1) is 14.0. The van der Waals surface area contributed by atoms with E-state index in [0.717, 1.165) is 34.8 Å². The van der Waals surface area contributed by atoms with Gasteiger partial charge in [0.15, 0.2) is 10.8 Å². The van der Waals surface area contributed by atoms with Crippen molar-refractivity contribution in [1.29, 1.82) is 0 Å². The van der Waals surface area contributed by atoms with E-state index in [9.17, 15) is 0 Å². The number of hydrogen-bond donors (Lipinski definition) is 1. The van der Waals surface area contributed by atoms with Crippen molar-refractivity contribution < 1.29 is 0 Å². The summed E-state index contributed by atoms with van der Waals surface area (Å²) in [6, 6.07) is 7.46. The highest BCUT2D eigenvalue weighted by molar-refractivity contribution is 7.80. The van der Waals surface area contributed by atoms with Crippen LogP contribution < -0.4 is 5.32 Å². The molecule has 0 spiro atoms. The number of nitrogens with one attached hydrogen (secondary N) is 1. The number of hydrogen-bond acceptors (Lipinski definition) is 4. The average molecular weight is 411 g/mol. The summed E-state index contributed by atoms with van der Waals surface area (Å²) >= 11 is 5.85. The fraction of sp³-hybridized carbons (Fsp3) is 0.545. The molecule has 7 heteroatoms. The van der Waals surface area contributed by atoms with Crippen LogP contribution in [0.1, 0.15) is 62.6 Å². The highest BCUT2D eigenvalue weighted by Crippen LogP contribution is 2.28. The summed E-state index contributed by atoms with van der Waals surface area (Å²) in [6.07, 6.45) is 5.96. The third kappa shape index (κ3) is 3.92. The predicted molar refractivity (Wildman–Crippen MR) is 121 cm³/mol. The predicted octanol–water partition coefficient (Wildman–Crippen LogP) is 4.31. The largest absolute Gasteiger partial charge is 0.360 e. The van der Waals surface area contributed by atoms with E-state index in [0.29, 0.717) is 12.1 Å². The standard InChI is InChI=1S/C22H30N6S/c1-5-16(4)23-22(29)27(18-8-6-7-9-18)13-17-12-19-15(3)10-14(2)11-20(19)28-21(17)24-25-26-28/h10-12,16,18H,5-9,13H2,1-4H3,(H,23,29). The van der Waals surface area contributed by atoms with Gasteiger partial charge < -0.3 is 10.2 Å². The molecule has 0 amide bonds. The molecule has 1 aliphatic carbocycles. The Hall–Kier alpha value is -2.28. The zero-order valence-electron chi connectivity index (χ0n) is 17.8. The van der Waals surface area contributed by atoms with Crippen LogP contribution >= 0.6 is 12.2 Å². The average Bonchev–Trinajstić information content (AvgIpc) is 3.38. The fourth-order valence-electron chi connectivity index (χ4n) is 4.39. The lowest BCUT2D eigenvalue weighted by Crippen LogP contribution is -2.47. The van der Waals surface area contributed by atoms with Crippen LogP contribution in [0, 0.1) is 13.8 Å². The van der Waals surface area contributed by atoms with Crippen LogP contribution in [0.4, 0.5) is 0 Å². The lowest BCUT2D eigenvalue weighted by atomic mass is 10.0. The summed E-state index contributed by atoms with van der Waals surface area (Å²) in [7, 11) is 0. The number of thiocarbonyl (C=S) groups is 1. The Morgan fingerprint density at radius 1 is 1.28 bits per heavy atom. The van der Waals surface area contributed by atoms with Crippen LogP contribution in [-0.4, -0.2) is 42.1 Å². The van der Waals surface area contributed by atoms with Crippen molar-refractivity contribution in [2.24, 2.45) is 0 Å². The minimum Gasteiger partial charge on any atom is -0.360 e. The molecule has 0 aliphatic heterocycles. The molecule has 3 aromatic rings. The van der Waals surface area contributed by atoms with E-state index in [4.69, 9.17) is 12.2 Å². The second kappa shape index (κ2) is 8.22. The zero-order chi connectivity index (χ0) is 20.5. The molecule has 0 bridgehead atoms. The topological polar surface area (TPSA) is 58.4 Å². The molecule has 1 N–H and O–H groups in total. The van der Waals surface area contributed by atoms with Crippen LogP contribution in [0.25, 0.3) is 16.6 Å². The van der Waals surface area contributed by atoms with Gasteiger partial charge in [-0.2, -0.15) is 4.52 Å². The molecule has 2 heterocycles. The van der Waals surface area contributed by atoms with Gasteiger partial charge in [0.1, 0.15) is 0 Å². The van der Waals surface area contributed by atoms with Gasteiger partial charge in [0, 0.05) is 29.6 Å². The maximum atomic E-state index is 5.85. The lowest BCUT2D eigenvalue weighted by Gasteiger charge is -2.33. The van der Waals surface area contributed by atoms with E-state index in [1.165, 1.54) is 42.2 Å². The Labute approximate surface area is 177 Å². The maximum absolute atomic E-state index is 5.85. The Morgan fingerprint density at radius 3 is 2.76 bits per heavy atom. The Balaban J connectivity index is 1.76. The van der Waals surface area contributed by atoms with Gasteiger partial charge in [-0.3, -0.25) is 0 Å². The number of rotatable bonds is 5. The number of aromatic nitrogens is 4. The van der Waals surface area contributed by atoms with Gasteiger partial charge in [0.05, 0.1) is 5.52 Å². The molecule has 1 saturated carbocycles. The second-order valence-corrected chi connectivity index (χ2v) is 8.81. The molecule has 0 saturated heterocycles. The van der Waals surface area contributed by atoms with Crippen molar-refractivity contribution >= 4 is 33.9 Å². The van der Waals surface area contributed by atoms with Gasteiger partial charge in [0.2, 0.25) is 0 Å². The molecule has 1 aliphatic rings. The molecule has 0 radical (unpaired) electrons. The van der Waals surface area contributed by atoms with Crippen LogP contribution in [0.3, 0.4) is 0 Å². The Morgan fingerprint density at radius 2 is 2.03 bits per heavy atom. The van der Waals surface area contributed by atoms with Gasteiger partial charge in [-0.1, -0.05) is 25.8 Å². The number of tetrazole rings is 1. The molecule has 4 rings (SSSR count). The van der Waals surface area contributed by atoms with Gasteiger partial charge in [0.25, 0.3) is 0 Å². The third-order valence-electron chi connectivity index (χ3n) is 6.16. The van der Waals surface area contributed by atoms with Crippen molar-refractivity contribution in [3.05, 3.63) is 34.9 Å². The molecular formula is C22H30N6S. The molecule has 1 atom stereocenters. The SMILES string of the molecule is CCC(C)NC(=S)N(Cc1cc2c(C)cc(C)cc2n2nnnc12)C1CCCC1. The monoisotopic (exact) mass is 410 g/mol. The highest BCUT2D eigenvalue weighted by Gasteiger charge is 2.26. The second-order valence-electron chi connectivity index (χ2n) is 8.42. The number of benzene rings is 1. The maximum Gasteiger partial charge on any atom is 0.184 e. The van der Waals surface area contributed by atoms with Crippen LogP contribution in [-0.2, 0) is 6.54 Å². The number of pyridine rings is 1. The normalized spacial score (nSPS) is 15.9. The summed E-state index contributed by atoms with van der Waals surface area (Å²) < 4.78 is 1.88. The first kappa shape index (κ1) is 20.0. The molecule has 1 unspecified atom stereocenters. The minimum absolute atomic E-state index is 0.364. The van der Waals surface area contributed by atoms with Crippen LogP contribution in [0.5, 0.6) is 0 Å². The number of nitrogens with zero attached hydrogens (tertiary/aromatic N) is 5. The number of fused-ring (bicyclic) bond motifs is 3. The highest BCUT2D eigenvalue weighted by atomic mass is 32.1. The summed E-state index contributed by atoms with van der Waals surface area (Å²) in [5, 5.41) is 18.2. The summed E-state index contributed by atoms with van der Waals surface area (Å²) in [5.74, 6) is 0. The van der Waals surface area contributed by atoms with Crippen LogP contribution in [0.15, 0.2) is 18.2 Å². The summed E-state index contributed by atoms with van der Waals surface area (Å²) in [5.41, 5.74) is 5.45. The lowest BCUT2D eigenvalue weighted by molar-refractivity contribution is 0.300. The molecular weight excluding hydrogens is 380 g/mol. The van der Waals surface area contributed by atoms with Gasteiger partial charge in [-0.25, -0.2) is 0 Å².